The Morgan fingerprint density at radius 3 is 2.52 bits per heavy atom. The molecule has 0 amide bonds. The summed E-state index contributed by atoms with van der Waals surface area (Å²) in [5, 5.41) is 7.72. The number of piperazine rings is 1. The molecule has 0 unspecified atom stereocenters. The second kappa shape index (κ2) is 11.3. The highest BCUT2D eigenvalue weighted by Crippen LogP contribution is 2.23. The van der Waals surface area contributed by atoms with Crippen LogP contribution in [0.15, 0.2) is 42.5 Å². The molecule has 6 nitrogen and oxygen atoms in total. The first-order valence-corrected chi connectivity index (χ1v) is 11.3. The number of rotatable bonds is 7. The highest BCUT2D eigenvalue weighted by Gasteiger charge is 2.19. The largest absolute Gasteiger partial charge is 0.462 e. The van der Waals surface area contributed by atoms with Crippen molar-refractivity contribution in [3.05, 3.63) is 58.6 Å². The van der Waals surface area contributed by atoms with E-state index in [1.54, 1.807) is 0 Å². The average molecular weight is 461 g/mol. The molecule has 0 spiro atoms. The van der Waals surface area contributed by atoms with Gasteiger partial charge in [-0.2, -0.15) is 0 Å². The van der Waals surface area contributed by atoms with Crippen molar-refractivity contribution >= 4 is 46.3 Å². The van der Waals surface area contributed by atoms with Crippen molar-refractivity contribution in [2.24, 2.45) is 0 Å². The van der Waals surface area contributed by atoms with Crippen molar-refractivity contribution in [2.75, 3.05) is 56.1 Å². The molecule has 0 atom stereocenters. The van der Waals surface area contributed by atoms with Crippen LogP contribution in [0.3, 0.4) is 0 Å². The number of thiocarbonyl (C=S) groups is 1. The number of nitrogens with one attached hydrogen (secondary N) is 2. The zero-order valence-electron chi connectivity index (χ0n) is 18.0. The first-order chi connectivity index (χ1) is 15.0. The number of ether oxygens (including phenoxy) is 1. The molecule has 1 heterocycles. The van der Waals surface area contributed by atoms with E-state index in [-0.39, 0.29) is 5.97 Å². The molecule has 8 heteroatoms. The predicted molar refractivity (Wildman–Crippen MR) is 131 cm³/mol. The van der Waals surface area contributed by atoms with E-state index in [1.807, 2.05) is 49.4 Å². The SMILES string of the molecule is CCOC(=O)c1ccc(C)c(N2CCN(CCNC(=S)Nc3ccc(Cl)cc3)CC2)c1. The average Bonchev–Trinajstić information content (AvgIpc) is 2.76. The van der Waals surface area contributed by atoms with Crippen LogP contribution < -0.4 is 15.5 Å². The van der Waals surface area contributed by atoms with E-state index in [0.29, 0.717) is 22.3 Å². The van der Waals surface area contributed by atoms with Crippen LogP contribution in [0.1, 0.15) is 22.8 Å². The molecule has 0 radical (unpaired) electrons. The summed E-state index contributed by atoms with van der Waals surface area (Å²) in [6.45, 7) is 9.73. The Balaban J connectivity index is 1.43. The fraction of sp³-hybridized carbons (Fsp3) is 0.391. The molecular formula is C23H29ClN4O2S. The van der Waals surface area contributed by atoms with Gasteiger partial charge in [-0.25, -0.2) is 4.79 Å². The van der Waals surface area contributed by atoms with Crippen molar-refractivity contribution < 1.29 is 9.53 Å². The lowest BCUT2D eigenvalue weighted by molar-refractivity contribution is 0.0526. The van der Waals surface area contributed by atoms with Crippen molar-refractivity contribution in [1.82, 2.24) is 10.2 Å². The van der Waals surface area contributed by atoms with E-state index in [0.717, 1.165) is 50.6 Å². The maximum Gasteiger partial charge on any atom is 0.338 e. The molecule has 0 aliphatic carbocycles. The molecule has 1 aliphatic rings. The van der Waals surface area contributed by atoms with Crippen molar-refractivity contribution in [2.45, 2.75) is 13.8 Å². The monoisotopic (exact) mass is 460 g/mol. The minimum Gasteiger partial charge on any atom is -0.462 e. The summed E-state index contributed by atoms with van der Waals surface area (Å²) in [6.07, 6.45) is 0. The Morgan fingerprint density at radius 2 is 1.84 bits per heavy atom. The van der Waals surface area contributed by atoms with E-state index in [2.05, 4.69) is 27.4 Å². The maximum atomic E-state index is 12.1. The second-order valence-corrected chi connectivity index (χ2v) is 8.28. The van der Waals surface area contributed by atoms with Crippen LogP contribution in [0.4, 0.5) is 11.4 Å². The van der Waals surface area contributed by atoms with Gasteiger partial charge in [-0.1, -0.05) is 17.7 Å². The summed E-state index contributed by atoms with van der Waals surface area (Å²) in [4.78, 5) is 16.8. The number of halogens is 1. The van der Waals surface area contributed by atoms with Gasteiger partial charge in [0, 0.05) is 55.7 Å². The van der Waals surface area contributed by atoms with Crippen LogP contribution in [-0.4, -0.2) is 61.9 Å². The third kappa shape index (κ3) is 6.82. The Labute approximate surface area is 194 Å². The molecule has 0 aromatic heterocycles. The number of esters is 1. The molecule has 2 aromatic rings. The summed E-state index contributed by atoms with van der Waals surface area (Å²) in [7, 11) is 0. The fourth-order valence-corrected chi connectivity index (χ4v) is 3.89. The Kier molecular flexibility index (Phi) is 8.51. The van der Waals surface area contributed by atoms with E-state index in [4.69, 9.17) is 28.6 Å². The minimum atomic E-state index is -0.267. The molecule has 0 bridgehead atoms. The summed E-state index contributed by atoms with van der Waals surface area (Å²) in [5.41, 5.74) is 3.80. The quantitative estimate of drug-likeness (QED) is 0.479. The molecule has 1 saturated heterocycles. The number of hydrogen-bond donors (Lipinski definition) is 2. The fourth-order valence-electron chi connectivity index (χ4n) is 3.54. The number of hydrogen-bond acceptors (Lipinski definition) is 5. The number of nitrogens with zero attached hydrogens (tertiary/aromatic N) is 2. The Bertz CT molecular complexity index is 899. The first kappa shape index (κ1) is 23.3. The number of carbonyl (C=O) groups is 1. The Morgan fingerprint density at radius 1 is 1.13 bits per heavy atom. The number of anilines is 2. The van der Waals surface area contributed by atoms with Gasteiger partial charge in [0.15, 0.2) is 5.11 Å². The summed E-state index contributed by atoms with van der Waals surface area (Å²) < 4.78 is 5.14. The standard InChI is InChI=1S/C23H29ClN4O2S/c1-3-30-22(29)18-5-4-17(2)21(16-18)28-14-12-27(13-15-28)11-10-25-23(31)26-20-8-6-19(24)7-9-20/h4-9,16H,3,10-15H2,1-2H3,(H2,25,26,31). The van der Waals surface area contributed by atoms with E-state index in [9.17, 15) is 4.79 Å². The van der Waals surface area contributed by atoms with Crippen LogP contribution in [0.25, 0.3) is 0 Å². The molecule has 166 valence electrons. The van der Waals surface area contributed by atoms with Gasteiger partial charge in [0.05, 0.1) is 12.2 Å². The lowest BCUT2D eigenvalue weighted by Crippen LogP contribution is -2.49. The minimum absolute atomic E-state index is 0.267. The normalized spacial score (nSPS) is 14.2. The topological polar surface area (TPSA) is 56.8 Å². The van der Waals surface area contributed by atoms with Gasteiger partial charge in [-0.05, 0) is 68.0 Å². The highest BCUT2D eigenvalue weighted by atomic mass is 35.5. The summed E-state index contributed by atoms with van der Waals surface area (Å²) >= 11 is 11.3. The lowest BCUT2D eigenvalue weighted by Gasteiger charge is -2.37. The zero-order chi connectivity index (χ0) is 22.2. The van der Waals surface area contributed by atoms with E-state index in [1.165, 1.54) is 5.56 Å². The number of carbonyl (C=O) groups excluding carboxylic acids is 1. The molecule has 1 aliphatic heterocycles. The van der Waals surface area contributed by atoms with Gasteiger partial charge in [0.2, 0.25) is 0 Å². The van der Waals surface area contributed by atoms with Crippen LogP contribution in [0, 0.1) is 6.92 Å². The van der Waals surface area contributed by atoms with Crippen LogP contribution in [0.5, 0.6) is 0 Å². The molecule has 1 fully saturated rings. The maximum absolute atomic E-state index is 12.1. The van der Waals surface area contributed by atoms with Crippen molar-refractivity contribution in [1.29, 1.82) is 0 Å². The molecule has 2 aromatic carbocycles. The number of aryl methyl sites for hydroxylation is 1. The van der Waals surface area contributed by atoms with Crippen LogP contribution in [0.2, 0.25) is 5.02 Å². The smallest absolute Gasteiger partial charge is 0.338 e. The van der Waals surface area contributed by atoms with Gasteiger partial charge in [-0.15, -0.1) is 0 Å². The molecular weight excluding hydrogens is 432 g/mol. The van der Waals surface area contributed by atoms with Crippen LogP contribution in [-0.2, 0) is 4.74 Å². The highest BCUT2D eigenvalue weighted by molar-refractivity contribution is 7.80. The summed E-state index contributed by atoms with van der Waals surface area (Å²) in [5.74, 6) is -0.267. The van der Waals surface area contributed by atoms with Gasteiger partial charge in [0.1, 0.15) is 0 Å². The Hall–Kier alpha value is -2.35. The molecule has 2 N–H and O–H groups in total. The molecule has 31 heavy (non-hydrogen) atoms. The summed E-state index contributed by atoms with van der Waals surface area (Å²) in [6, 6.07) is 13.2. The third-order valence-electron chi connectivity index (χ3n) is 5.25. The van der Waals surface area contributed by atoms with Crippen molar-refractivity contribution in [3.8, 4) is 0 Å². The third-order valence-corrected chi connectivity index (χ3v) is 5.75. The number of benzene rings is 2. The lowest BCUT2D eigenvalue weighted by atomic mass is 10.1. The van der Waals surface area contributed by atoms with Gasteiger partial charge >= 0.3 is 5.97 Å². The van der Waals surface area contributed by atoms with Gasteiger partial charge in [0.25, 0.3) is 0 Å². The first-order valence-electron chi connectivity index (χ1n) is 10.5. The van der Waals surface area contributed by atoms with Crippen LogP contribution >= 0.6 is 23.8 Å². The predicted octanol–water partition coefficient (Wildman–Crippen LogP) is 3.93. The molecule has 0 saturated carbocycles. The van der Waals surface area contributed by atoms with Gasteiger partial charge in [-0.3, -0.25) is 4.90 Å². The molecule has 3 rings (SSSR count). The van der Waals surface area contributed by atoms with E-state index >= 15 is 0 Å². The van der Waals surface area contributed by atoms with Crippen molar-refractivity contribution in [3.63, 3.8) is 0 Å². The second-order valence-electron chi connectivity index (χ2n) is 7.44. The van der Waals surface area contributed by atoms with E-state index < -0.39 is 0 Å². The van der Waals surface area contributed by atoms with Gasteiger partial charge < -0.3 is 20.3 Å². The zero-order valence-corrected chi connectivity index (χ0v) is 19.6.